The fourth-order valence-corrected chi connectivity index (χ4v) is 14.1. The third-order valence-corrected chi connectivity index (χ3v) is 21.5. The number of rotatable bonds is 17. The number of nitrogens with one attached hydrogen (secondary N) is 4. The molecular formula is C92H94F12N26O16S. The molecule has 0 saturated carbocycles. The number of aromatic nitrogens is 16. The fraction of sp³-hybridized carbons (Fsp3) is 0.370. The van der Waals surface area contributed by atoms with Gasteiger partial charge in [-0.25, -0.2) is 28.9 Å². The summed E-state index contributed by atoms with van der Waals surface area (Å²) in [6.45, 7) is 38.1. The Bertz CT molecular complexity index is 7280. The van der Waals surface area contributed by atoms with E-state index in [9.17, 15) is 71.9 Å². The zero-order chi connectivity index (χ0) is 108. The molecule has 4 fully saturated rings. The van der Waals surface area contributed by atoms with E-state index >= 15 is 0 Å². The molecule has 42 nitrogen and oxygen atoms in total. The van der Waals surface area contributed by atoms with Gasteiger partial charge in [-0.05, 0) is 95.0 Å². The molecule has 0 bridgehead atoms. The maximum absolute atomic E-state index is 13.3. The van der Waals surface area contributed by atoms with Crippen molar-refractivity contribution >= 4 is 115 Å². The van der Waals surface area contributed by atoms with Crippen LogP contribution in [0.2, 0.25) is 0 Å². The van der Waals surface area contributed by atoms with Crippen molar-refractivity contribution in [2.75, 3.05) is 131 Å². The number of fused-ring (bicyclic) bond motifs is 4. The Morgan fingerprint density at radius 1 is 0.374 bits per heavy atom. The lowest BCUT2D eigenvalue weighted by atomic mass is 10.2. The Labute approximate surface area is 831 Å². The average Bonchev–Trinajstić information content (AvgIpc) is 1.59. The number of carboxylic acids is 4. The maximum Gasteiger partial charge on any atom is 0.490 e. The van der Waals surface area contributed by atoms with Crippen molar-refractivity contribution in [1.29, 1.82) is 0 Å². The molecule has 16 rings (SSSR count). The van der Waals surface area contributed by atoms with Gasteiger partial charge in [-0.1, -0.05) is 72.2 Å². The summed E-state index contributed by atoms with van der Waals surface area (Å²) in [5, 5.41) is 41.8. The first-order valence-electron chi connectivity index (χ1n) is 43.6. The summed E-state index contributed by atoms with van der Waals surface area (Å²) < 4.78 is 163. The summed E-state index contributed by atoms with van der Waals surface area (Å²) >= 11 is 1.58. The molecule has 4 aliphatic heterocycles. The van der Waals surface area contributed by atoms with Crippen LogP contribution in [-0.4, -0.2) is 256 Å². The van der Waals surface area contributed by atoms with E-state index in [-0.39, 0.29) is 46.3 Å². The lowest BCUT2D eigenvalue weighted by Crippen LogP contribution is -2.44. The highest BCUT2D eigenvalue weighted by Crippen LogP contribution is 2.34. The van der Waals surface area contributed by atoms with Crippen molar-refractivity contribution in [3.8, 4) is 94.4 Å². The Balaban J connectivity index is 0.000000200. The van der Waals surface area contributed by atoms with Crippen LogP contribution in [0.1, 0.15) is 33.3 Å². The molecule has 0 radical (unpaired) electrons. The van der Waals surface area contributed by atoms with E-state index in [4.69, 9.17) is 81.7 Å². The molecule has 0 unspecified atom stereocenters. The number of halogens is 12. The molecule has 0 spiro atoms. The number of hydrogen-bond donors (Lipinski definition) is 8. The predicted molar refractivity (Wildman–Crippen MR) is 515 cm³/mol. The molecule has 0 aliphatic carbocycles. The van der Waals surface area contributed by atoms with Crippen molar-refractivity contribution in [2.24, 2.45) is 28.2 Å². The highest BCUT2D eigenvalue weighted by molar-refractivity contribution is 7.98. The quantitative estimate of drug-likeness (QED) is 0.0182. The number of para-hydroxylation sites is 1. The molecule has 0 atom stereocenters. The molecular weight excluding hydrogens is 1990 g/mol. The van der Waals surface area contributed by atoms with Gasteiger partial charge in [-0.2, -0.15) is 92.6 Å². The van der Waals surface area contributed by atoms with E-state index in [2.05, 4.69) is 128 Å². The third kappa shape index (κ3) is 30.4. The standard InChI is InChI=1S/2C21H21N7O2.C21H24N6O2S.C21H24N6O2.4C2HF3O2/c1-4-5-12-28-17-18(24-20(28)27-13-10-23-11-14-27)25-21(26(3)19(17)29)30-16-8-6-15(22-2)7-9-16;1-4-5-11-28-17-18(24-20(28)27-12-9-23-10-13-27)25-21(26(3)19(17)29)30-16-8-6-7-15(14-16)22-2;1-4-5-12-27-17-18(23-20(27)26-13-10-22-11-14-26)24-21(25(2)19(17)28)29-15-8-6-7-9-16(15)30-3;1-4-5-11-27-17-18(23-20(27)26-12-9-22-10-13-26)24-21(25(3)19(17)28)29-16-8-6-7-15(2)14-16;4*3-2(4,5)1(6)7/h6-9,23H,10-14H2,1,3H3;6-8,14,23H,9-13H2,1,3H3;6-9,22H,10-14H2,1-3H3;6-8,14,22H,9-13H2,1-3H3;4*(H,6,7). The third-order valence-electron chi connectivity index (χ3n) is 20.7. The fourth-order valence-electron chi connectivity index (χ4n) is 13.5. The van der Waals surface area contributed by atoms with Gasteiger partial charge in [0.25, 0.3) is 22.2 Å². The Morgan fingerprint density at radius 2 is 0.639 bits per heavy atom. The Kier molecular flexibility index (Phi) is 40.1. The summed E-state index contributed by atoms with van der Waals surface area (Å²) in [5.74, 6) is 17.8. The summed E-state index contributed by atoms with van der Waals surface area (Å²) in [6.07, 6.45) is -18.4. The van der Waals surface area contributed by atoms with Crippen molar-refractivity contribution in [3.05, 3.63) is 167 Å². The second-order valence-corrected chi connectivity index (χ2v) is 31.5. The van der Waals surface area contributed by atoms with Gasteiger partial charge in [0.15, 0.2) is 56.0 Å². The lowest BCUT2D eigenvalue weighted by molar-refractivity contribution is -0.193. The molecule has 0 amide bonds. The van der Waals surface area contributed by atoms with Crippen LogP contribution in [-0.2, 0) is 73.5 Å². The number of thioether (sulfide) groups is 1. The Hall–Kier alpha value is -16.9. The number of alkyl halides is 12. The number of imidazole rings is 4. The minimum Gasteiger partial charge on any atom is -0.475 e. The van der Waals surface area contributed by atoms with Gasteiger partial charge < -0.3 is 80.2 Å². The maximum atomic E-state index is 13.3. The second-order valence-electron chi connectivity index (χ2n) is 30.7. The normalized spacial score (nSPS) is 13.3. The van der Waals surface area contributed by atoms with Gasteiger partial charge in [-0.15, -0.1) is 35.4 Å². The number of benzene rings is 4. The number of hydrogen-bond acceptors (Lipinski definition) is 29. The van der Waals surface area contributed by atoms with Gasteiger partial charge in [0.05, 0.1) is 39.3 Å². The molecule has 12 heterocycles. The lowest BCUT2D eigenvalue weighted by Gasteiger charge is -2.28. The highest BCUT2D eigenvalue weighted by atomic mass is 32.2. The first kappa shape index (κ1) is 114. The van der Waals surface area contributed by atoms with E-state index in [0.29, 0.717) is 117 Å². The van der Waals surface area contributed by atoms with E-state index in [0.717, 1.165) is 127 Å². The van der Waals surface area contributed by atoms with E-state index in [1.807, 2.05) is 80.0 Å². The minimum atomic E-state index is -5.08. The van der Waals surface area contributed by atoms with Crippen molar-refractivity contribution in [1.82, 2.24) is 97.7 Å². The summed E-state index contributed by atoms with van der Waals surface area (Å²) in [7, 11) is 6.55. The van der Waals surface area contributed by atoms with Crippen molar-refractivity contribution in [2.45, 2.75) is 90.4 Å². The van der Waals surface area contributed by atoms with E-state index < -0.39 is 48.6 Å². The number of aryl methyl sites for hydroxylation is 1. The van der Waals surface area contributed by atoms with Crippen molar-refractivity contribution < 1.29 is 111 Å². The van der Waals surface area contributed by atoms with E-state index in [1.54, 1.807) is 116 Å². The first-order chi connectivity index (χ1) is 69.7. The Morgan fingerprint density at radius 3 is 0.905 bits per heavy atom. The SMILES string of the molecule is CC#CCn1c(N2CCNCC2)nc2nc(Oc3cccc(C)c3)n(C)c(=O)c21.CC#CCn1c(N2CCNCC2)nc2nc(Oc3ccccc3SC)n(C)c(=O)c21.O=C(O)C(F)(F)F.O=C(O)C(F)(F)F.O=C(O)C(F)(F)F.O=C(O)C(F)(F)F.[C-]#[N+]c1ccc(Oc2nc3nc(N4CCNCC4)n(CC#CC)c3c(=O)n2C)cc1.[C-]#[N+]c1cccc(Oc2nc3nc(N4CCNCC4)n(CC#CC)c3c(=O)n2C)c1. The minimum absolute atomic E-state index is 0.118. The van der Waals surface area contributed by atoms with Gasteiger partial charge in [0.1, 0.15) is 23.0 Å². The van der Waals surface area contributed by atoms with Crippen LogP contribution >= 0.6 is 11.8 Å². The van der Waals surface area contributed by atoms with Crippen LogP contribution < -0.4 is 82.1 Å². The van der Waals surface area contributed by atoms with Crippen LogP contribution in [0.15, 0.2) is 121 Å². The summed E-state index contributed by atoms with van der Waals surface area (Å²) in [4.78, 5) is 142. The van der Waals surface area contributed by atoms with Crippen LogP contribution in [0.5, 0.6) is 47.0 Å². The highest BCUT2D eigenvalue weighted by Gasteiger charge is 2.41. The van der Waals surface area contributed by atoms with Gasteiger partial charge >= 0.3 is 72.6 Å². The number of anilines is 4. The summed E-state index contributed by atoms with van der Waals surface area (Å²) in [6, 6.07) is 29.4. The van der Waals surface area contributed by atoms with Crippen molar-refractivity contribution in [3.63, 3.8) is 0 Å². The molecule has 4 aromatic carbocycles. The monoisotopic (exact) mass is 2080 g/mol. The van der Waals surface area contributed by atoms with Gasteiger partial charge in [-0.3, -0.25) is 55.7 Å². The molecule has 55 heteroatoms. The molecule has 778 valence electrons. The number of nitrogens with zero attached hydrogens (tertiary/aromatic N) is 22. The number of carbonyl (C=O) groups is 4. The zero-order valence-electron chi connectivity index (χ0n) is 79.9. The van der Waals surface area contributed by atoms with Gasteiger partial charge in [0.2, 0.25) is 23.8 Å². The zero-order valence-corrected chi connectivity index (χ0v) is 80.7. The first-order valence-corrected chi connectivity index (χ1v) is 44.8. The molecule has 8 N–H and O–H groups in total. The second kappa shape index (κ2) is 51.9. The van der Waals surface area contributed by atoms with Crippen LogP contribution in [0, 0.1) is 67.4 Å². The van der Waals surface area contributed by atoms with Crippen LogP contribution in [0.25, 0.3) is 54.3 Å². The largest absolute Gasteiger partial charge is 0.490 e. The molecule has 12 aromatic rings. The van der Waals surface area contributed by atoms with E-state index in [1.165, 1.54) is 18.3 Å². The topological polar surface area (TPSA) is 467 Å². The molecule has 4 aliphatic rings. The van der Waals surface area contributed by atoms with Crippen LogP contribution in [0.3, 0.4) is 0 Å². The smallest absolute Gasteiger partial charge is 0.475 e. The number of carboxylic acid groups (broad SMARTS) is 4. The number of aliphatic carboxylic acids is 4. The molecule has 147 heavy (non-hydrogen) atoms. The summed E-state index contributed by atoms with van der Waals surface area (Å²) in [5.41, 5.74) is 4.20. The number of piperazine rings is 4. The van der Waals surface area contributed by atoms with Gasteiger partial charge in [0, 0.05) is 138 Å². The molecule has 4 saturated heterocycles. The number of ether oxygens (including phenoxy) is 4. The molecule has 8 aromatic heterocycles. The average molecular weight is 2080 g/mol. The predicted octanol–water partition coefficient (Wildman–Crippen LogP) is 10.1. The van der Waals surface area contributed by atoms with Crippen LogP contribution in [0.4, 0.5) is 87.9 Å².